The van der Waals surface area contributed by atoms with Crippen LogP contribution < -0.4 is 4.83 Å². The fourth-order valence-electron chi connectivity index (χ4n) is 2.00. The van der Waals surface area contributed by atoms with E-state index in [2.05, 4.69) is 9.93 Å². The molecule has 1 aliphatic heterocycles. The van der Waals surface area contributed by atoms with E-state index < -0.39 is 16.1 Å². The maximum absolute atomic E-state index is 12.1. The molecular weight excluding hydrogens is 306 g/mol. The number of aryl methyl sites for hydroxylation is 1. The van der Waals surface area contributed by atoms with Gasteiger partial charge in [0.2, 0.25) is 0 Å². The molecule has 7 nitrogen and oxygen atoms in total. The van der Waals surface area contributed by atoms with Crippen molar-refractivity contribution in [3.05, 3.63) is 29.8 Å². The summed E-state index contributed by atoms with van der Waals surface area (Å²) < 4.78 is 29.1. The van der Waals surface area contributed by atoms with Crippen molar-refractivity contribution < 1.29 is 17.9 Å². The molecule has 0 aliphatic carbocycles. The molecule has 0 unspecified atom stereocenters. The number of sulfonamides is 1. The summed E-state index contributed by atoms with van der Waals surface area (Å²) in [4.78, 5) is 15.4. The molecule has 1 aromatic rings. The number of ether oxygens (including phenoxy) is 1. The second-order valence-electron chi connectivity index (χ2n) is 4.96. The second kappa shape index (κ2) is 6.78. The maximum atomic E-state index is 12.1. The number of amides is 1. The van der Waals surface area contributed by atoms with Crippen molar-refractivity contribution in [2.75, 3.05) is 19.7 Å². The van der Waals surface area contributed by atoms with Gasteiger partial charge in [-0.25, -0.2) is 9.63 Å². The van der Waals surface area contributed by atoms with Crippen molar-refractivity contribution in [1.29, 1.82) is 0 Å². The van der Waals surface area contributed by atoms with Crippen molar-refractivity contribution in [1.82, 2.24) is 9.73 Å². The molecule has 1 N–H and O–H groups in total. The van der Waals surface area contributed by atoms with Gasteiger partial charge in [0.05, 0.1) is 23.8 Å². The predicted octanol–water partition coefficient (Wildman–Crippen LogP) is 1.49. The van der Waals surface area contributed by atoms with Crippen molar-refractivity contribution >= 4 is 21.8 Å². The number of hydrazone groups is 1. The average molecular weight is 325 g/mol. The third kappa shape index (κ3) is 3.97. The lowest BCUT2D eigenvalue weighted by molar-refractivity contribution is 0.117. The van der Waals surface area contributed by atoms with Gasteiger partial charge in [-0.05, 0) is 26.0 Å². The lowest BCUT2D eigenvalue weighted by Gasteiger charge is -2.13. The third-order valence-corrected chi connectivity index (χ3v) is 4.45. The van der Waals surface area contributed by atoms with E-state index in [1.807, 2.05) is 6.92 Å². The summed E-state index contributed by atoms with van der Waals surface area (Å²) in [7, 11) is -3.68. The fourth-order valence-corrected chi connectivity index (χ4v) is 2.85. The monoisotopic (exact) mass is 325 g/mol. The van der Waals surface area contributed by atoms with Crippen LogP contribution in [-0.4, -0.2) is 44.8 Å². The molecule has 120 valence electrons. The van der Waals surface area contributed by atoms with E-state index in [1.54, 1.807) is 19.1 Å². The van der Waals surface area contributed by atoms with Crippen LogP contribution in [0, 0.1) is 6.92 Å². The van der Waals surface area contributed by atoms with Crippen LogP contribution in [0.25, 0.3) is 0 Å². The first-order valence-electron chi connectivity index (χ1n) is 6.98. The number of hydrogen-bond acceptors (Lipinski definition) is 5. The normalized spacial score (nSPS) is 16.8. The van der Waals surface area contributed by atoms with Crippen molar-refractivity contribution in [3.63, 3.8) is 0 Å². The summed E-state index contributed by atoms with van der Waals surface area (Å²) in [6.07, 6.45) is 0.115. The highest BCUT2D eigenvalue weighted by Crippen LogP contribution is 2.11. The zero-order valence-corrected chi connectivity index (χ0v) is 13.4. The van der Waals surface area contributed by atoms with E-state index in [0.29, 0.717) is 25.3 Å². The van der Waals surface area contributed by atoms with Crippen LogP contribution in [0.15, 0.2) is 34.3 Å². The van der Waals surface area contributed by atoms with Gasteiger partial charge >= 0.3 is 6.09 Å². The molecule has 0 spiro atoms. The molecule has 22 heavy (non-hydrogen) atoms. The molecule has 0 bridgehead atoms. The van der Waals surface area contributed by atoms with E-state index in [1.165, 1.54) is 17.0 Å². The Bertz CT molecular complexity index is 668. The quantitative estimate of drug-likeness (QED) is 0.850. The SMILES string of the molecule is CCOC(=O)N1CC/C(=N\NS(=O)(=O)c2ccc(C)cc2)C1. The molecule has 0 saturated carbocycles. The van der Waals surface area contributed by atoms with E-state index >= 15 is 0 Å². The Morgan fingerprint density at radius 2 is 2.05 bits per heavy atom. The highest BCUT2D eigenvalue weighted by molar-refractivity contribution is 7.89. The van der Waals surface area contributed by atoms with Crippen molar-refractivity contribution in [3.8, 4) is 0 Å². The maximum Gasteiger partial charge on any atom is 0.410 e. The zero-order valence-electron chi connectivity index (χ0n) is 12.6. The Morgan fingerprint density at radius 3 is 2.68 bits per heavy atom. The second-order valence-corrected chi connectivity index (χ2v) is 6.62. The molecule has 0 aromatic heterocycles. The zero-order chi connectivity index (χ0) is 16.2. The summed E-state index contributed by atoms with van der Waals surface area (Å²) in [6.45, 7) is 4.67. The van der Waals surface area contributed by atoms with Crippen LogP contribution in [0.5, 0.6) is 0 Å². The van der Waals surface area contributed by atoms with Gasteiger partial charge in [-0.3, -0.25) is 0 Å². The van der Waals surface area contributed by atoms with E-state index in [9.17, 15) is 13.2 Å². The van der Waals surface area contributed by atoms with Gasteiger partial charge in [-0.1, -0.05) is 17.7 Å². The number of rotatable bonds is 4. The van der Waals surface area contributed by atoms with Gasteiger partial charge in [0.25, 0.3) is 10.0 Å². The molecule has 2 rings (SSSR count). The highest BCUT2D eigenvalue weighted by Gasteiger charge is 2.24. The number of nitrogens with one attached hydrogen (secondary N) is 1. The summed E-state index contributed by atoms with van der Waals surface area (Å²) in [5, 5.41) is 3.92. The molecule has 1 amide bonds. The van der Waals surface area contributed by atoms with E-state index in [0.717, 1.165) is 5.56 Å². The van der Waals surface area contributed by atoms with Gasteiger partial charge in [-0.2, -0.15) is 13.5 Å². The van der Waals surface area contributed by atoms with Crippen LogP contribution in [-0.2, 0) is 14.8 Å². The van der Waals surface area contributed by atoms with Crippen molar-refractivity contribution in [2.24, 2.45) is 5.10 Å². The van der Waals surface area contributed by atoms with Gasteiger partial charge in [0.15, 0.2) is 0 Å². The van der Waals surface area contributed by atoms with E-state index in [-0.39, 0.29) is 11.4 Å². The predicted molar refractivity (Wildman–Crippen MR) is 82.1 cm³/mol. The smallest absolute Gasteiger partial charge is 0.410 e. The minimum Gasteiger partial charge on any atom is -0.450 e. The summed E-state index contributed by atoms with van der Waals surface area (Å²) >= 11 is 0. The minimum atomic E-state index is -3.68. The summed E-state index contributed by atoms with van der Waals surface area (Å²) in [6, 6.07) is 6.49. The average Bonchev–Trinajstić information content (AvgIpc) is 2.95. The van der Waals surface area contributed by atoms with Gasteiger partial charge in [0.1, 0.15) is 0 Å². The standard InChI is InChI=1S/C14H19N3O4S/c1-3-21-14(18)17-9-8-12(10-17)15-16-22(19,20)13-6-4-11(2)5-7-13/h4-7,16H,3,8-10H2,1-2H3/b15-12+. The molecule has 1 saturated heterocycles. The number of carbonyl (C=O) groups excluding carboxylic acids is 1. The van der Waals surface area contributed by atoms with Gasteiger partial charge in [0, 0.05) is 13.0 Å². The van der Waals surface area contributed by atoms with Gasteiger partial charge < -0.3 is 9.64 Å². The molecular formula is C14H19N3O4S. The summed E-state index contributed by atoms with van der Waals surface area (Å²) in [5.74, 6) is 0. The number of carbonyl (C=O) groups is 1. The molecule has 1 aliphatic rings. The Labute approximate surface area is 130 Å². The Balaban J connectivity index is 2.00. The summed E-state index contributed by atoms with van der Waals surface area (Å²) in [5.41, 5.74) is 1.58. The molecule has 1 fully saturated rings. The Morgan fingerprint density at radius 1 is 1.36 bits per heavy atom. The van der Waals surface area contributed by atoms with Crippen molar-refractivity contribution in [2.45, 2.75) is 25.2 Å². The first-order chi connectivity index (χ1) is 10.4. The first kappa shape index (κ1) is 16.3. The van der Waals surface area contributed by atoms with Crippen LogP contribution in [0.2, 0.25) is 0 Å². The molecule has 0 radical (unpaired) electrons. The highest BCUT2D eigenvalue weighted by atomic mass is 32.2. The Kier molecular flexibility index (Phi) is 5.02. The third-order valence-electron chi connectivity index (χ3n) is 3.22. The topological polar surface area (TPSA) is 88.1 Å². The minimum absolute atomic E-state index is 0.155. The lowest BCUT2D eigenvalue weighted by Crippen LogP contribution is -2.30. The fraction of sp³-hybridized carbons (Fsp3) is 0.429. The van der Waals surface area contributed by atoms with Crippen LogP contribution in [0.4, 0.5) is 4.79 Å². The first-order valence-corrected chi connectivity index (χ1v) is 8.46. The number of hydrogen-bond donors (Lipinski definition) is 1. The number of likely N-dealkylation sites (tertiary alicyclic amines) is 1. The molecule has 1 aromatic carbocycles. The van der Waals surface area contributed by atoms with Crippen LogP contribution >= 0.6 is 0 Å². The lowest BCUT2D eigenvalue weighted by atomic mass is 10.2. The molecule has 1 heterocycles. The number of nitrogens with zero attached hydrogens (tertiary/aromatic N) is 2. The van der Waals surface area contributed by atoms with Crippen LogP contribution in [0.3, 0.4) is 0 Å². The Hall–Kier alpha value is -2.09. The van der Waals surface area contributed by atoms with E-state index in [4.69, 9.17) is 4.74 Å². The molecule has 0 atom stereocenters. The largest absolute Gasteiger partial charge is 0.450 e. The van der Waals surface area contributed by atoms with Gasteiger partial charge in [-0.15, -0.1) is 0 Å². The van der Waals surface area contributed by atoms with Crippen LogP contribution in [0.1, 0.15) is 18.9 Å². The number of benzene rings is 1. The molecule has 8 heteroatoms.